The topological polar surface area (TPSA) is 0 Å². The van der Waals surface area contributed by atoms with Crippen molar-refractivity contribution < 1.29 is 0 Å². The van der Waals surface area contributed by atoms with Crippen molar-refractivity contribution in [2.75, 3.05) is 0 Å². The van der Waals surface area contributed by atoms with Crippen LogP contribution in [0.5, 0.6) is 0 Å². The quantitative estimate of drug-likeness (QED) is 0.333. The van der Waals surface area contributed by atoms with Crippen molar-refractivity contribution in [1.29, 1.82) is 0 Å². The molecule has 0 aromatic heterocycles. The van der Waals surface area contributed by atoms with E-state index in [1.807, 2.05) is 13.0 Å². The van der Waals surface area contributed by atoms with Crippen LogP contribution >= 0.6 is 0 Å². The third-order valence-electron chi connectivity index (χ3n) is 0.402. The van der Waals surface area contributed by atoms with Crippen LogP contribution in [-0.2, 0) is 0 Å². The molecule has 0 bridgehead atoms. The number of hydrogen-bond acceptors (Lipinski definition) is 0. The second-order valence-corrected chi connectivity index (χ2v) is 1.35. The van der Waals surface area contributed by atoms with Crippen molar-refractivity contribution in [3.05, 3.63) is 25.3 Å². The van der Waals surface area contributed by atoms with E-state index in [0.29, 0.717) is 5.92 Å². The molecule has 0 fully saturated rings. The van der Waals surface area contributed by atoms with Crippen molar-refractivity contribution in [3.63, 3.8) is 0 Å². The summed E-state index contributed by atoms with van der Waals surface area (Å²) in [6.07, 6.45) is 1.82. The first kappa shape index (κ1) is 5.52. The normalized spacial score (nSPS) is 12.3. The molecule has 0 N–H and O–H groups in total. The summed E-state index contributed by atoms with van der Waals surface area (Å²) in [6, 6.07) is 0. The predicted molar refractivity (Wildman–Crippen MR) is 28.2 cm³/mol. The summed E-state index contributed by atoms with van der Waals surface area (Å²) < 4.78 is 0. The van der Waals surface area contributed by atoms with Gasteiger partial charge in [-0.05, 0) is 0 Å². The van der Waals surface area contributed by atoms with Crippen LogP contribution in [0, 0.1) is 12.8 Å². The van der Waals surface area contributed by atoms with Crippen LogP contribution in [0.15, 0.2) is 18.4 Å². The molecule has 0 spiro atoms. The van der Waals surface area contributed by atoms with Gasteiger partial charge in [-0.15, -0.1) is 11.6 Å². The molecule has 0 aliphatic heterocycles. The van der Waals surface area contributed by atoms with Gasteiger partial charge >= 0.3 is 0 Å². The summed E-state index contributed by atoms with van der Waals surface area (Å²) in [5.41, 5.74) is 2.63. The molecular formula is C6H9-. The molecule has 6 heavy (non-hydrogen) atoms. The van der Waals surface area contributed by atoms with Gasteiger partial charge in [0.1, 0.15) is 0 Å². The maximum absolute atomic E-state index is 3.67. The van der Waals surface area contributed by atoms with Crippen LogP contribution < -0.4 is 0 Å². The summed E-state index contributed by atoms with van der Waals surface area (Å²) in [4.78, 5) is 0. The van der Waals surface area contributed by atoms with Crippen molar-refractivity contribution in [2.45, 2.75) is 6.92 Å². The molecule has 0 amide bonds. The summed E-state index contributed by atoms with van der Waals surface area (Å²) in [7, 11) is 0. The Labute approximate surface area is 39.2 Å². The van der Waals surface area contributed by atoms with Gasteiger partial charge in [0.15, 0.2) is 0 Å². The monoisotopic (exact) mass is 81.1 g/mol. The second kappa shape index (κ2) is 2.74. The highest BCUT2D eigenvalue weighted by Crippen LogP contribution is 1.87. The molecule has 0 heterocycles. The largest absolute Gasteiger partial charge is 0.336 e. The summed E-state index contributed by atoms with van der Waals surface area (Å²) in [5, 5.41) is 0. The van der Waals surface area contributed by atoms with Gasteiger partial charge in [-0.1, -0.05) is 19.6 Å². The van der Waals surface area contributed by atoms with E-state index in [9.17, 15) is 0 Å². The molecule has 0 rings (SSSR count). The predicted octanol–water partition coefficient (Wildman–Crippen LogP) is 1.80. The summed E-state index contributed by atoms with van der Waals surface area (Å²) in [5.74, 6) is 0.350. The Bertz CT molecular complexity index is 64.1. The fraction of sp³-hybridized carbons (Fsp3) is 0.333. The summed E-state index contributed by atoms with van der Waals surface area (Å²) >= 11 is 0. The molecule has 1 unspecified atom stereocenters. The molecule has 0 heteroatoms. The molecule has 0 aliphatic carbocycles. The minimum absolute atomic E-state index is 0.350. The van der Waals surface area contributed by atoms with Gasteiger partial charge in [0.2, 0.25) is 0 Å². The zero-order valence-electron chi connectivity index (χ0n) is 4.07. The van der Waals surface area contributed by atoms with Crippen molar-refractivity contribution >= 4 is 0 Å². The molecule has 1 atom stereocenters. The minimum atomic E-state index is 0.350. The minimum Gasteiger partial charge on any atom is -0.336 e. The van der Waals surface area contributed by atoms with Gasteiger partial charge in [-0.3, -0.25) is 0 Å². The van der Waals surface area contributed by atoms with Crippen LogP contribution in [0.25, 0.3) is 0 Å². The standard InChI is InChI=1S/C6H9/c1-4-5-6(2)3/h5-6H,1-2H2,3H3/q-1. The van der Waals surface area contributed by atoms with Crippen LogP contribution in [0.3, 0.4) is 0 Å². The van der Waals surface area contributed by atoms with Gasteiger partial charge in [0.25, 0.3) is 0 Å². The number of hydrogen-bond donors (Lipinski definition) is 0. The molecular weight excluding hydrogens is 72.1 g/mol. The fourth-order valence-electron chi connectivity index (χ4n) is 0.201. The lowest BCUT2D eigenvalue weighted by molar-refractivity contribution is 0.938. The second-order valence-electron chi connectivity index (χ2n) is 1.35. The Morgan fingerprint density at radius 1 is 2.00 bits per heavy atom. The average molecular weight is 81.1 g/mol. The Morgan fingerprint density at radius 2 is 2.50 bits per heavy atom. The van der Waals surface area contributed by atoms with Crippen molar-refractivity contribution in [2.24, 2.45) is 5.92 Å². The zero-order valence-corrected chi connectivity index (χ0v) is 4.07. The first-order chi connectivity index (χ1) is 2.77. The molecule has 0 aliphatic rings. The van der Waals surface area contributed by atoms with E-state index < -0.39 is 0 Å². The maximum atomic E-state index is 3.67. The van der Waals surface area contributed by atoms with Crippen LogP contribution in [-0.4, -0.2) is 0 Å². The first-order valence-corrected chi connectivity index (χ1v) is 1.96. The Morgan fingerprint density at radius 3 is 2.50 bits per heavy atom. The lowest BCUT2D eigenvalue weighted by atomic mass is 10.2. The molecule has 0 saturated heterocycles. The smallest absolute Gasteiger partial charge is 0.0570 e. The van der Waals surface area contributed by atoms with Gasteiger partial charge in [-0.25, -0.2) is 0 Å². The Kier molecular flexibility index (Phi) is 2.52. The molecule has 0 saturated carbocycles. The van der Waals surface area contributed by atoms with E-state index >= 15 is 0 Å². The molecule has 0 nitrogen and oxygen atoms in total. The van der Waals surface area contributed by atoms with Crippen LogP contribution in [0.4, 0.5) is 0 Å². The van der Waals surface area contributed by atoms with Crippen molar-refractivity contribution in [3.8, 4) is 0 Å². The van der Waals surface area contributed by atoms with E-state index in [0.717, 1.165) is 0 Å². The Hall–Kier alpha value is -0.480. The van der Waals surface area contributed by atoms with E-state index in [2.05, 4.69) is 19.2 Å². The number of rotatable bonds is 1. The van der Waals surface area contributed by atoms with E-state index in [-0.39, 0.29) is 0 Å². The maximum Gasteiger partial charge on any atom is -0.0570 e. The number of allylic oxidation sites excluding steroid dienone is 1. The molecule has 34 valence electrons. The fourth-order valence-corrected chi connectivity index (χ4v) is 0.201. The molecule has 0 aromatic rings. The molecule has 0 aromatic carbocycles. The average Bonchev–Trinajstić information content (AvgIpc) is 1.35. The third kappa shape index (κ3) is 3.52. The van der Waals surface area contributed by atoms with Gasteiger partial charge in [0.05, 0.1) is 0 Å². The van der Waals surface area contributed by atoms with Gasteiger partial charge < -0.3 is 6.92 Å². The highest BCUT2D eigenvalue weighted by atomic mass is 13.8. The molecule has 0 radical (unpaired) electrons. The van der Waals surface area contributed by atoms with Crippen LogP contribution in [0.2, 0.25) is 0 Å². The highest BCUT2D eigenvalue weighted by Gasteiger charge is 1.65. The zero-order chi connectivity index (χ0) is 4.99. The lowest BCUT2D eigenvalue weighted by Gasteiger charge is -1.95. The van der Waals surface area contributed by atoms with E-state index in [1.165, 1.54) is 0 Å². The SMILES string of the molecule is C=C=CC([CH2-])C. The van der Waals surface area contributed by atoms with E-state index in [4.69, 9.17) is 0 Å². The first-order valence-electron chi connectivity index (χ1n) is 1.96. The highest BCUT2D eigenvalue weighted by molar-refractivity contribution is 4.82. The summed E-state index contributed by atoms with van der Waals surface area (Å²) in [6.45, 7) is 9.03. The van der Waals surface area contributed by atoms with E-state index in [1.54, 1.807) is 0 Å². The Balaban J connectivity index is 3.29. The lowest BCUT2D eigenvalue weighted by Crippen LogP contribution is -1.72. The third-order valence-corrected chi connectivity index (χ3v) is 0.402. The van der Waals surface area contributed by atoms with Crippen molar-refractivity contribution in [1.82, 2.24) is 0 Å². The van der Waals surface area contributed by atoms with Gasteiger partial charge in [-0.2, -0.15) is 0 Å². The van der Waals surface area contributed by atoms with Gasteiger partial charge in [0, 0.05) is 0 Å². The van der Waals surface area contributed by atoms with Crippen LogP contribution in [0.1, 0.15) is 6.92 Å².